The molecule has 7 heteroatoms. The van der Waals surface area contributed by atoms with E-state index in [4.69, 9.17) is 4.74 Å². The molecule has 0 amide bonds. The third-order valence-electron chi connectivity index (χ3n) is 5.41. The van der Waals surface area contributed by atoms with Gasteiger partial charge in [0.2, 0.25) is 0 Å². The average Bonchev–Trinajstić information content (AvgIpc) is 3.34. The van der Waals surface area contributed by atoms with E-state index in [-0.39, 0.29) is 0 Å². The molecule has 7 nitrogen and oxygen atoms in total. The van der Waals surface area contributed by atoms with Crippen LogP contribution in [0.2, 0.25) is 0 Å². The standard InChI is InChI=1S/C27H26N6O/c1-31(2)17-22-10-6-11-23(14-22)33(27-26-16-28-20-32(26)30-19-29-27)24-12-7-13-25(15-24)34-18-21-8-4-3-5-9-21/h3-16,19-20H,17-18H2,1-2H3. The van der Waals surface area contributed by atoms with E-state index in [2.05, 4.69) is 81.4 Å². The summed E-state index contributed by atoms with van der Waals surface area (Å²) in [5.74, 6) is 1.53. The number of imidazole rings is 1. The molecular formula is C27H26N6O. The first-order chi connectivity index (χ1) is 16.7. The van der Waals surface area contributed by atoms with E-state index in [1.165, 1.54) is 5.56 Å². The Hall–Kier alpha value is -4.23. The lowest BCUT2D eigenvalue weighted by molar-refractivity contribution is 0.306. The van der Waals surface area contributed by atoms with Gasteiger partial charge in [-0.1, -0.05) is 48.5 Å². The molecule has 0 saturated heterocycles. The summed E-state index contributed by atoms with van der Waals surface area (Å²) in [4.78, 5) is 13.2. The molecule has 0 aliphatic heterocycles. The first-order valence-corrected chi connectivity index (χ1v) is 11.1. The largest absolute Gasteiger partial charge is 0.489 e. The molecule has 5 aromatic rings. The van der Waals surface area contributed by atoms with E-state index < -0.39 is 0 Å². The van der Waals surface area contributed by atoms with Crippen LogP contribution in [0.4, 0.5) is 17.2 Å². The first kappa shape index (κ1) is 21.6. The average molecular weight is 451 g/mol. The summed E-state index contributed by atoms with van der Waals surface area (Å²) in [5.41, 5.74) is 5.09. The molecule has 2 heterocycles. The van der Waals surface area contributed by atoms with Gasteiger partial charge in [0, 0.05) is 18.3 Å². The van der Waals surface area contributed by atoms with Crippen molar-refractivity contribution in [2.75, 3.05) is 19.0 Å². The summed E-state index contributed by atoms with van der Waals surface area (Å²) in [6, 6.07) is 26.7. The van der Waals surface area contributed by atoms with Crippen molar-refractivity contribution in [1.29, 1.82) is 0 Å². The maximum absolute atomic E-state index is 6.12. The van der Waals surface area contributed by atoms with Gasteiger partial charge in [-0.15, -0.1) is 0 Å². The molecular weight excluding hydrogens is 424 g/mol. The highest BCUT2D eigenvalue weighted by Gasteiger charge is 2.19. The van der Waals surface area contributed by atoms with Crippen LogP contribution in [0.3, 0.4) is 0 Å². The Morgan fingerprint density at radius 3 is 2.44 bits per heavy atom. The summed E-state index contributed by atoms with van der Waals surface area (Å²) >= 11 is 0. The second kappa shape index (κ2) is 9.72. The molecule has 0 aliphatic rings. The zero-order chi connectivity index (χ0) is 23.3. The van der Waals surface area contributed by atoms with E-state index in [1.54, 1.807) is 23.4 Å². The van der Waals surface area contributed by atoms with Crippen LogP contribution in [0, 0.1) is 0 Å². The van der Waals surface area contributed by atoms with E-state index in [1.807, 2.05) is 36.4 Å². The molecule has 170 valence electrons. The third kappa shape index (κ3) is 4.74. The molecule has 0 bridgehead atoms. The molecule has 0 N–H and O–H groups in total. The van der Waals surface area contributed by atoms with Crippen LogP contribution in [0.25, 0.3) is 5.52 Å². The van der Waals surface area contributed by atoms with Crippen LogP contribution in [0.1, 0.15) is 11.1 Å². The highest BCUT2D eigenvalue weighted by molar-refractivity contribution is 5.83. The van der Waals surface area contributed by atoms with Gasteiger partial charge in [-0.25, -0.2) is 14.5 Å². The zero-order valence-corrected chi connectivity index (χ0v) is 19.2. The quantitative estimate of drug-likeness (QED) is 0.322. The lowest BCUT2D eigenvalue weighted by Gasteiger charge is -2.25. The Morgan fingerprint density at radius 2 is 1.62 bits per heavy atom. The Morgan fingerprint density at radius 1 is 0.853 bits per heavy atom. The molecule has 0 spiro atoms. The van der Waals surface area contributed by atoms with Crippen molar-refractivity contribution in [3.63, 3.8) is 0 Å². The van der Waals surface area contributed by atoms with Crippen molar-refractivity contribution >= 4 is 22.7 Å². The number of nitrogens with zero attached hydrogens (tertiary/aromatic N) is 6. The van der Waals surface area contributed by atoms with Gasteiger partial charge < -0.3 is 9.64 Å². The van der Waals surface area contributed by atoms with Gasteiger partial charge in [0.05, 0.1) is 11.9 Å². The second-order valence-corrected chi connectivity index (χ2v) is 8.32. The summed E-state index contributed by atoms with van der Waals surface area (Å²) in [6.45, 7) is 1.34. The van der Waals surface area contributed by atoms with Crippen LogP contribution in [-0.2, 0) is 13.2 Å². The normalized spacial score (nSPS) is 11.1. The molecule has 0 fully saturated rings. The Kier molecular flexibility index (Phi) is 6.18. The zero-order valence-electron chi connectivity index (χ0n) is 19.2. The predicted octanol–water partition coefficient (Wildman–Crippen LogP) is 5.23. The van der Waals surface area contributed by atoms with Crippen molar-refractivity contribution in [2.45, 2.75) is 13.2 Å². The minimum Gasteiger partial charge on any atom is -0.489 e. The van der Waals surface area contributed by atoms with Crippen molar-refractivity contribution in [2.24, 2.45) is 0 Å². The number of ether oxygens (including phenoxy) is 1. The summed E-state index contributed by atoms with van der Waals surface area (Å²) < 4.78 is 7.85. The van der Waals surface area contributed by atoms with Crippen molar-refractivity contribution in [3.05, 3.63) is 109 Å². The number of benzene rings is 3. The van der Waals surface area contributed by atoms with Gasteiger partial charge in [-0.3, -0.25) is 4.90 Å². The number of fused-ring (bicyclic) bond motifs is 1. The van der Waals surface area contributed by atoms with E-state index in [0.29, 0.717) is 6.61 Å². The van der Waals surface area contributed by atoms with E-state index >= 15 is 0 Å². The lowest BCUT2D eigenvalue weighted by atomic mass is 10.1. The molecule has 5 rings (SSSR count). The third-order valence-corrected chi connectivity index (χ3v) is 5.41. The van der Waals surface area contributed by atoms with E-state index in [9.17, 15) is 0 Å². The number of aromatic nitrogens is 4. The summed E-state index contributed by atoms with van der Waals surface area (Å²) in [7, 11) is 4.14. The number of anilines is 3. The maximum Gasteiger partial charge on any atom is 0.167 e. The predicted molar refractivity (Wildman–Crippen MR) is 134 cm³/mol. The van der Waals surface area contributed by atoms with E-state index in [0.717, 1.165) is 40.6 Å². The maximum atomic E-state index is 6.12. The monoisotopic (exact) mass is 450 g/mol. The Labute approximate surface area is 198 Å². The fraction of sp³-hybridized carbons (Fsp3) is 0.148. The fourth-order valence-electron chi connectivity index (χ4n) is 3.92. The minimum absolute atomic E-state index is 0.503. The molecule has 34 heavy (non-hydrogen) atoms. The topological polar surface area (TPSA) is 58.8 Å². The van der Waals surface area contributed by atoms with Gasteiger partial charge in [0.25, 0.3) is 0 Å². The molecule has 0 aliphatic carbocycles. The number of hydrogen-bond acceptors (Lipinski definition) is 6. The van der Waals surface area contributed by atoms with Gasteiger partial charge in [-0.2, -0.15) is 5.10 Å². The number of rotatable bonds is 8. The van der Waals surface area contributed by atoms with Gasteiger partial charge in [-0.05, 0) is 49.5 Å². The van der Waals surface area contributed by atoms with Crippen LogP contribution in [0.5, 0.6) is 5.75 Å². The summed E-state index contributed by atoms with van der Waals surface area (Å²) in [5, 5.41) is 4.29. The molecule has 0 atom stereocenters. The van der Waals surface area contributed by atoms with Crippen LogP contribution in [-0.4, -0.2) is 38.6 Å². The van der Waals surface area contributed by atoms with Gasteiger partial charge in [0.15, 0.2) is 5.82 Å². The van der Waals surface area contributed by atoms with Crippen molar-refractivity contribution in [3.8, 4) is 5.75 Å². The molecule has 3 aromatic carbocycles. The van der Waals surface area contributed by atoms with Crippen LogP contribution >= 0.6 is 0 Å². The first-order valence-electron chi connectivity index (χ1n) is 11.1. The highest BCUT2D eigenvalue weighted by Crippen LogP contribution is 2.37. The van der Waals surface area contributed by atoms with Gasteiger partial charge >= 0.3 is 0 Å². The fourth-order valence-corrected chi connectivity index (χ4v) is 3.92. The summed E-state index contributed by atoms with van der Waals surface area (Å²) in [6.07, 6.45) is 5.01. The molecule has 0 radical (unpaired) electrons. The molecule has 2 aromatic heterocycles. The van der Waals surface area contributed by atoms with Crippen LogP contribution < -0.4 is 9.64 Å². The van der Waals surface area contributed by atoms with Crippen molar-refractivity contribution in [1.82, 2.24) is 24.5 Å². The van der Waals surface area contributed by atoms with Gasteiger partial charge in [0.1, 0.15) is 30.5 Å². The smallest absolute Gasteiger partial charge is 0.167 e. The molecule has 0 saturated carbocycles. The Bertz CT molecular complexity index is 1380. The second-order valence-electron chi connectivity index (χ2n) is 8.32. The number of hydrogen-bond donors (Lipinski definition) is 0. The highest BCUT2D eigenvalue weighted by atomic mass is 16.5. The SMILES string of the molecule is CN(C)Cc1cccc(N(c2cccc(OCc3ccccc3)c2)c2ncnn3cncc23)c1. The van der Waals surface area contributed by atoms with Crippen molar-refractivity contribution < 1.29 is 4.74 Å². The molecule has 0 unspecified atom stereocenters. The van der Waals surface area contributed by atoms with Crippen LogP contribution in [0.15, 0.2) is 97.7 Å². The minimum atomic E-state index is 0.503. The Balaban J connectivity index is 1.56. The lowest BCUT2D eigenvalue weighted by Crippen LogP contribution is -2.15.